The van der Waals surface area contributed by atoms with Crippen LogP contribution in [0.2, 0.25) is 0 Å². The molecule has 0 amide bonds. The monoisotopic (exact) mass is 558 g/mol. The number of carbonyl (C=O) groups excluding carboxylic acids is 6. The highest BCUT2D eigenvalue weighted by Gasteiger charge is 2.44. The van der Waals surface area contributed by atoms with Crippen molar-refractivity contribution < 1.29 is 57.2 Å². The average molecular weight is 559 g/mol. The standard InChI is InChI=1S/C28H30O12/c1-17(29)37-23(15-35-27(33)21-11-7-5-8-12-21)25(39-19(3)31)26(40-20(4)32)24(38-18(2)30)16-36-28(34)22-13-9-6-10-14-22/h5-14,23-26H,15-16H2,1-4H3/t23-,24-,25-,26+/m1/s1. The minimum absolute atomic E-state index is 0.190. The van der Waals surface area contributed by atoms with Crippen LogP contribution in [0.1, 0.15) is 48.4 Å². The van der Waals surface area contributed by atoms with Crippen molar-refractivity contribution >= 4 is 35.8 Å². The number of rotatable bonds is 13. The minimum Gasteiger partial charge on any atom is -0.458 e. The Bertz CT molecular complexity index is 1080. The average Bonchev–Trinajstić information content (AvgIpc) is 2.91. The number of esters is 6. The Kier molecular flexibility index (Phi) is 12.3. The molecule has 0 aliphatic heterocycles. The van der Waals surface area contributed by atoms with Crippen molar-refractivity contribution in [3.05, 3.63) is 71.8 Å². The summed E-state index contributed by atoms with van der Waals surface area (Å²) in [6.45, 7) is 2.91. The van der Waals surface area contributed by atoms with Gasteiger partial charge in [0.2, 0.25) is 0 Å². The zero-order valence-corrected chi connectivity index (χ0v) is 22.4. The van der Waals surface area contributed by atoms with Crippen molar-refractivity contribution in [2.75, 3.05) is 13.2 Å². The van der Waals surface area contributed by atoms with Crippen LogP contribution in [0.4, 0.5) is 0 Å². The van der Waals surface area contributed by atoms with E-state index in [4.69, 9.17) is 28.4 Å². The highest BCUT2D eigenvalue weighted by Crippen LogP contribution is 2.21. The van der Waals surface area contributed by atoms with E-state index in [1.165, 1.54) is 24.3 Å². The first kappa shape index (κ1) is 31.5. The van der Waals surface area contributed by atoms with Gasteiger partial charge in [0.1, 0.15) is 13.2 Å². The first-order chi connectivity index (χ1) is 19.0. The molecule has 0 aliphatic carbocycles. The van der Waals surface area contributed by atoms with Gasteiger partial charge in [-0.1, -0.05) is 36.4 Å². The quantitative estimate of drug-likeness (QED) is 0.262. The van der Waals surface area contributed by atoms with Crippen molar-refractivity contribution in [3.8, 4) is 0 Å². The number of ether oxygens (including phenoxy) is 6. The predicted octanol–water partition coefficient (Wildman–Crippen LogP) is 2.43. The lowest BCUT2D eigenvalue weighted by Gasteiger charge is -2.35. The summed E-state index contributed by atoms with van der Waals surface area (Å²) in [7, 11) is 0. The number of hydrogen-bond donors (Lipinski definition) is 0. The lowest BCUT2D eigenvalue weighted by Crippen LogP contribution is -2.54. The molecule has 2 rings (SSSR count). The molecule has 0 radical (unpaired) electrons. The van der Waals surface area contributed by atoms with Crippen molar-refractivity contribution in [1.82, 2.24) is 0 Å². The second-order valence-electron chi connectivity index (χ2n) is 8.37. The van der Waals surface area contributed by atoms with E-state index in [0.29, 0.717) is 0 Å². The molecule has 4 atom stereocenters. The molecule has 0 saturated carbocycles. The summed E-state index contributed by atoms with van der Waals surface area (Å²) in [6.07, 6.45) is -6.37. The van der Waals surface area contributed by atoms with Crippen molar-refractivity contribution in [2.24, 2.45) is 0 Å². The molecule has 0 fully saturated rings. The summed E-state index contributed by atoms with van der Waals surface area (Å²) in [4.78, 5) is 73.2. The van der Waals surface area contributed by atoms with Crippen LogP contribution < -0.4 is 0 Å². The fourth-order valence-electron chi connectivity index (χ4n) is 3.54. The third kappa shape index (κ3) is 10.6. The molecule has 2 aromatic carbocycles. The number of benzene rings is 2. The Labute approximate surface area is 230 Å². The van der Waals surface area contributed by atoms with Crippen LogP contribution in [0.25, 0.3) is 0 Å². The van der Waals surface area contributed by atoms with E-state index in [-0.39, 0.29) is 11.1 Å². The van der Waals surface area contributed by atoms with Crippen LogP contribution in [0.3, 0.4) is 0 Å². The SMILES string of the molecule is CC(=O)O[C@H]([C@H](OC(C)=O)[C@@H](COC(=O)c1ccccc1)OC(C)=O)[C@@H](COC(=O)c1ccccc1)OC(C)=O. The van der Waals surface area contributed by atoms with Gasteiger partial charge in [0.05, 0.1) is 11.1 Å². The van der Waals surface area contributed by atoms with Crippen LogP contribution in [-0.2, 0) is 47.6 Å². The molecule has 0 saturated heterocycles. The van der Waals surface area contributed by atoms with Crippen molar-refractivity contribution in [3.63, 3.8) is 0 Å². The largest absolute Gasteiger partial charge is 0.458 e. The van der Waals surface area contributed by atoms with E-state index < -0.39 is 73.4 Å². The molecule has 40 heavy (non-hydrogen) atoms. The fraction of sp³-hybridized carbons (Fsp3) is 0.357. The van der Waals surface area contributed by atoms with E-state index in [1.807, 2.05) is 0 Å². The van der Waals surface area contributed by atoms with Gasteiger partial charge in [-0.25, -0.2) is 9.59 Å². The van der Waals surface area contributed by atoms with Crippen LogP contribution in [0.15, 0.2) is 60.7 Å². The molecule has 0 N–H and O–H groups in total. The summed E-state index contributed by atoms with van der Waals surface area (Å²) in [5.41, 5.74) is 0.380. The lowest BCUT2D eigenvalue weighted by atomic mass is 10.0. The summed E-state index contributed by atoms with van der Waals surface area (Å²) in [5, 5.41) is 0. The van der Waals surface area contributed by atoms with Gasteiger partial charge in [-0.05, 0) is 24.3 Å². The molecule has 2 aromatic rings. The molecular weight excluding hydrogens is 528 g/mol. The van der Waals surface area contributed by atoms with Gasteiger partial charge in [0, 0.05) is 27.7 Å². The molecule has 0 aliphatic rings. The maximum atomic E-state index is 12.5. The Balaban J connectivity index is 2.41. The first-order valence-electron chi connectivity index (χ1n) is 12.1. The summed E-state index contributed by atoms with van der Waals surface area (Å²) in [6, 6.07) is 15.8. The minimum atomic E-state index is -1.66. The molecule has 12 nitrogen and oxygen atoms in total. The molecule has 214 valence electrons. The molecule has 0 aromatic heterocycles. The van der Waals surface area contributed by atoms with Gasteiger partial charge in [-0.15, -0.1) is 0 Å². The Morgan fingerprint density at radius 1 is 0.500 bits per heavy atom. The van der Waals surface area contributed by atoms with Gasteiger partial charge in [0.15, 0.2) is 24.4 Å². The fourth-order valence-corrected chi connectivity index (χ4v) is 3.54. The summed E-state index contributed by atoms with van der Waals surface area (Å²) < 4.78 is 31.8. The third-order valence-electron chi connectivity index (χ3n) is 5.07. The maximum Gasteiger partial charge on any atom is 0.338 e. The third-order valence-corrected chi connectivity index (χ3v) is 5.07. The van der Waals surface area contributed by atoms with E-state index in [9.17, 15) is 28.8 Å². The molecule has 0 bridgehead atoms. The van der Waals surface area contributed by atoms with Gasteiger partial charge in [-0.3, -0.25) is 19.2 Å². The van der Waals surface area contributed by atoms with Crippen LogP contribution in [0, 0.1) is 0 Å². The van der Waals surface area contributed by atoms with E-state index in [1.54, 1.807) is 36.4 Å². The van der Waals surface area contributed by atoms with Crippen molar-refractivity contribution in [1.29, 1.82) is 0 Å². The van der Waals surface area contributed by atoms with E-state index in [2.05, 4.69) is 0 Å². The molecular formula is C28H30O12. The molecule has 0 unspecified atom stereocenters. The Morgan fingerprint density at radius 2 is 0.800 bits per heavy atom. The summed E-state index contributed by atoms with van der Waals surface area (Å²) >= 11 is 0. The normalized spacial score (nSPS) is 13.4. The van der Waals surface area contributed by atoms with Crippen LogP contribution in [-0.4, -0.2) is 73.4 Å². The predicted molar refractivity (Wildman–Crippen MR) is 136 cm³/mol. The Morgan fingerprint density at radius 3 is 1.07 bits per heavy atom. The number of carbonyl (C=O) groups is 6. The van der Waals surface area contributed by atoms with Gasteiger partial charge in [-0.2, -0.15) is 0 Å². The molecule has 12 heteroatoms. The zero-order valence-electron chi connectivity index (χ0n) is 22.4. The van der Waals surface area contributed by atoms with Crippen LogP contribution >= 0.6 is 0 Å². The van der Waals surface area contributed by atoms with E-state index in [0.717, 1.165) is 27.7 Å². The smallest absolute Gasteiger partial charge is 0.338 e. The van der Waals surface area contributed by atoms with Gasteiger partial charge < -0.3 is 28.4 Å². The molecule has 0 spiro atoms. The topological polar surface area (TPSA) is 158 Å². The molecule has 0 heterocycles. The highest BCUT2D eigenvalue weighted by atomic mass is 16.6. The zero-order chi connectivity index (χ0) is 29.7. The first-order valence-corrected chi connectivity index (χ1v) is 12.1. The summed E-state index contributed by atoms with van der Waals surface area (Å²) in [5.74, 6) is -5.04. The second-order valence-corrected chi connectivity index (χ2v) is 8.37. The van der Waals surface area contributed by atoms with E-state index >= 15 is 0 Å². The van der Waals surface area contributed by atoms with Gasteiger partial charge in [0.25, 0.3) is 0 Å². The van der Waals surface area contributed by atoms with Crippen LogP contribution in [0.5, 0.6) is 0 Å². The van der Waals surface area contributed by atoms with Gasteiger partial charge >= 0.3 is 35.8 Å². The van der Waals surface area contributed by atoms with Crippen molar-refractivity contribution in [2.45, 2.75) is 52.1 Å². The number of hydrogen-bond acceptors (Lipinski definition) is 12. The highest BCUT2D eigenvalue weighted by molar-refractivity contribution is 5.89. The lowest BCUT2D eigenvalue weighted by molar-refractivity contribution is -0.203. The maximum absolute atomic E-state index is 12.5. The Hall–Kier alpha value is -4.74. The second kappa shape index (κ2) is 15.6.